The third kappa shape index (κ3) is 3.27. The summed E-state index contributed by atoms with van der Waals surface area (Å²) in [6.07, 6.45) is 0.727. The number of amides is 1. The summed E-state index contributed by atoms with van der Waals surface area (Å²) in [5.74, 6) is 1.12. The van der Waals surface area contributed by atoms with Crippen LogP contribution in [0, 0.1) is 6.92 Å². The van der Waals surface area contributed by atoms with Crippen LogP contribution in [0.15, 0.2) is 36.4 Å². The molecule has 3 rings (SSSR count). The molecule has 1 N–H and O–H groups in total. The van der Waals surface area contributed by atoms with Gasteiger partial charge in [-0.25, -0.2) is 0 Å². The number of carbonyl (C=O) groups excluding carboxylic acids is 1. The molecule has 1 amide bonds. The van der Waals surface area contributed by atoms with Crippen molar-refractivity contribution in [2.45, 2.75) is 19.4 Å². The molecule has 2 aromatic carbocycles. The number of halogens is 1. The van der Waals surface area contributed by atoms with Crippen LogP contribution < -0.4 is 14.8 Å². The van der Waals surface area contributed by atoms with Crippen molar-refractivity contribution in [1.82, 2.24) is 5.32 Å². The minimum Gasteiger partial charge on any atom is -0.496 e. The second-order valence-corrected chi connectivity index (χ2v) is 5.99. The van der Waals surface area contributed by atoms with Crippen molar-refractivity contribution in [3.8, 4) is 11.5 Å². The first-order valence-electron chi connectivity index (χ1n) is 7.46. The van der Waals surface area contributed by atoms with Crippen molar-refractivity contribution >= 4 is 17.5 Å². The molecule has 2 aromatic rings. The van der Waals surface area contributed by atoms with Gasteiger partial charge in [-0.05, 0) is 31.2 Å². The second kappa shape index (κ2) is 6.50. The Hall–Kier alpha value is -2.20. The molecule has 0 fully saturated rings. The normalized spacial score (nSPS) is 16.2. The third-order valence-electron chi connectivity index (χ3n) is 3.92. The third-order valence-corrected chi connectivity index (χ3v) is 4.15. The summed E-state index contributed by atoms with van der Waals surface area (Å²) in [6, 6.07) is 10.9. The highest BCUT2D eigenvalue weighted by atomic mass is 35.5. The van der Waals surface area contributed by atoms with Gasteiger partial charge in [0.2, 0.25) is 0 Å². The van der Waals surface area contributed by atoms with E-state index in [-0.39, 0.29) is 11.9 Å². The van der Waals surface area contributed by atoms with Gasteiger partial charge < -0.3 is 14.8 Å². The smallest absolute Gasteiger partial charge is 0.255 e. The number of nitrogens with one attached hydrogen (secondary N) is 1. The van der Waals surface area contributed by atoms with Crippen LogP contribution in [0.1, 0.15) is 33.9 Å². The van der Waals surface area contributed by atoms with Crippen LogP contribution in [0.25, 0.3) is 0 Å². The number of methoxy groups -OCH3 is 1. The number of hydrogen-bond acceptors (Lipinski definition) is 3. The number of benzene rings is 2. The van der Waals surface area contributed by atoms with Crippen LogP contribution in [0.5, 0.6) is 11.5 Å². The zero-order valence-corrected chi connectivity index (χ0v) is 13.8. The van der Waals surface area contributed by atoms with Gasteiger partial charge in [0.25, 0.3) is 5.91 Å². The highest BCUT2D eigenvalue weighted by molar-refractivity contribution is 6.31. The highest BCUT2D eigenvalue weighted by Crippen LogP contribution is 2.33. The van der Waals surface area contributed by atoms with Crippen LogP contribution in [-0.4, -0.2) is 19.6 Å². The molecular weight excluding hydrogens is 314 g/mol. The lowest BCUT2D eigenvalue weighted by Crippen LogP contribution is -2.32. The Morgan fingerprint density at radius 3 is 2.91 bits per heavy atom. The molecule has 1 unspecified atom stereocenters. The summed E-state index contributed by atoms with van der Waals surface area (Å²) < 4.78 is 10.9. The van der Waals surface area contributed by atoms with E-state index in [4.69, 9.17) is 21.1 Å². The SMILES string of the molecule is COc1ccc(Cl)cc1C(=O)NC1CCOc2ccc(C)cc21. The number of aryl methyl sites for hydroxylation is 1. The maximum Gasteiger partial charge on any atom is 0.255 e. The van der Waals surface area contributed by atoms with Gasteiger partial charge in [-0.2, -0.15) is 0 Å². The molecule has 0 spiro atoms. The van der Waals surface area contributed by atoms with E-state index >= 15 is 0 Å². The van der Waals surface area contributed by atoms with Gasteiger partial charge in [0.1, 0.15) is 11.5 Å². The minimum atomic E-state index is -0.205. The van der Waals surface area contributed by atoms with Crippen molar-refractivity contribution in [2.75, 3.05) is 13.7 Å². The predicted octanol–water partition coefficient (Wildman–Crippen LogP) is 3.91. The van der Waals surface area contributed by atoms with Crippen molar-refractivity contribution < 1.29 is 14.3 Å². The molecule has 0 saturated heterocycles. The molecule has 120 valence electrons. The standard InChI is InChI=1S/C18H18ClNO3/c1-11-3-5-17-13(9-11)15(7-8-23-17)20-18(21)14-10-12(19)4-6-16(14)22-2/h3-6,9-10,15H,7-8H2,1-2H3,(H,20,21). The van der Waals surface area contributed by atoms with Gasteiger partial charge in [-0.3, -0.25) is 4.79 Å². The summed E-state index contributed by atoms with van der Waals surface area (Å²) in [7, 11) is 1.53. The Morgan fingerprint density at radius 2 is 2.13 bits per heavy atom. The lowest BCUT2D eigenvalue weighted by Gasteiger charge is -2.27. The highest BCUT2D eigenvalue weighted by Gasteiger charge is 2.24. The molecular formula is C18H18ClNO3. The Balaban J connectivity index is 1.87. The summed E-state index contributed by atoms with van der Waals surface area (Å²) in [5.41, 5.74) is 2.57. The molecule has 1 aliphatic rings. The molecule has 0 bridgehead atoms. The van der Waals surface area contributed by atoms with Gasteiger partial charge in [0.15, 0.2) is 0 Å². The minimum absolute atomic E-state index is 0.0881. The van der Waals surface area contributed by atoms with Crippen molar-refractivity contribution in [3.05, 3.63) is 58.1 Å². The predicted molar refractivity (Wildman–Crippen MR) is 89.5 cm³/mol. The number of ether oxygens (including phenoxy) is 2. The number of rotatable bonds is 3. The molecule has 23 heavy (non-hydrogen) atoms. The Bertz CT molecular complexity index is 745. The van der Waals surface area contributed by atoms with Gasteiger partial charge in [-0.15, -0.1) is 0 Å². The maximum absolute atomic E-state index is 12.6. The van der Waals surface area contributed by atoms with Crippen LogP contribution in [0.4, 0.5) is 0 Å². The van der Waals surface area contributed by atoms with Crippen molar-refractivity contribution in [3.63, 3.8) is 0 Å². The van der Waals surface area contributed by atoms with Crippen LogP contribution in [-0.2, 0) is 0 Å². The first-order valence-corrected chi connectivity index (χ1v) is 7.84. The molecule has 5 heteroatoms. The summed E-state index contributed by atoms with van der Waals surface area (Å²) in [5, 5.41) is 3.56. The zero-order chi connectivity index (χ0) is 16.4. The van der Waals surface area contributed by atoms with Crippen LogP contribution in [0.3, 0.4) is 0 Å². The van der Waals surface area contributed by atoms with E-state index in [0.29, 0.717) is 22.9 Å². The number of carbonyl (C=O) groups is 1. The van der Waals surface area contributed by atoms with Gasteiger partial charge in [0.05, 0.1) is 25.3 Å². The quantitative estimate of drug-likeness (QED) is 0.927. The topological polar surface area (TPSA) is 47.6 Å². The van der Waals surface area contributed by atoms with Gasteiger partial charge in [-0.1, -0.05) is 29.3 Å². The Kier molecular flexibility index (Phi) is 4.44. The van der Waals surface area contributed by atoms with E-state index in [1.807, 2.05) is 19.1 Å². The number of fused-ring (bicyclic) bond motifs is 1. The molecule has 0 aromatic heterocycles. The van der Waals surface area contributed by atoms with E-state index in [9.17, 15) is 4.79 Å². The molecule has 1 heterocycles. The molecule has 0 radical (unpaired) electrons. The van der Waals surface area contributed by atoms with E-state index in [1.165, 1.54) is 7.11 Å². The van der Waals surface area contributed by atoms with E-state index in [0.717, 1.165) is 23.3 Å². The fourth-order valence-corrected chi connectivity index (χ4v) is 2.93. The van der Waals surface area contributed by atoms with E-state index in [1.54, 1.807) is 18.2 Å². The largest absolute Gasteiger partial charge is 0.496 e. The van der Waals surface area contributed by atoms with E-state index < -0.39 is 0 Å². The fourth-order valence-electron chi connectivity index (χ4n) is 2.76. The average Bonchev–Trinajstić information content (AvgIpc) is 2.55. The number of hydrogen-bond donors (Lipinski definition) is 1. The summed E-state index contributed by atoms with van der Waals surface area (Å²) >= 11 is 6.01. The monoisotopic (exact) mass is 331 g/mol. The molecule has 1 atom stereocenters. The fraction of sp³-hybridized carbons (Fsp3) is 0.278. The van der Waals surface area contributed by atoms with Crippen LogP contribution >= 0.6 is 11.6 Å². The molecule has 1 aliphatic heterocycles. The molecule has 0 saturated carbocycles. The second-order valence-electron chi connectivity index (χ2n) is 5.55. The van der Waals surface area contributed by atoms with Gasteiger partial charge >= 0.3 is 0 Å². The Labute approximate surface area is 140 Å². The average molecular weight is 332 g/mol. The Morgan fingerprint density at radius 1 is 1.30 bits per heavy atom. The van der Waals surface area contributed by atoms with Crippen molar-refractivity contribution in [2.24, 2.45) is 0 Å². The summed E-state index contributed by atoms with van der Waals surface area (Å²) in [6.45, 7) is 2.60. The van der Waals surface area contributed by atoms with Gasteiger partial charge in [0, 0.05) is 17.0 Å². The lowest BCUT2D eigenvalue weighted by atomic mass is 9.98. The lowest BCUT2D eigenvalue weighted by molar-refractivity contribution is 0.0921. The first kappa shape index (κ1) is 15.7. The van der Waals surface area contributed by atoms with E-state index in [2.05, 4.69) is 11.4 Å². The van der Waals surface area contributed by atoms with Crippen molar-refractivity contribution in [1.29, 1.82) is 0 Å². The molecule has 0 aliphatic carbocycles. The summed E-state index contributed by atoms with van der Waals surface area (Å²) in [4.78, 5) is 12.6. The zero-order valence-electron chi connectivity index (χ0n) is 13.1. The van der Waals surface area contributed by atoms with Crippen LogP contribution in [0.2, 0.25) is 5.02 Å². The maximum atomic E-state index is 12.6. The first-order chi connectivity index (χ1) is 11.1. The molecule has 4 nitrogen and oxygen atoms in total.